The molecule has 0 atom stereocenters. The van der Waals surface area contributed by atoms with Crippen molar-refractivity contribution in [1.82, 2.24) is 9.88 Å². The van der Waals surface area contributed by atoms with Gasteiger partial charge in [-0.05, 0) is 42.7 Å². The molecule has 0 fully saturated rings. The average Bonchev–Trinajstić information content (AvgIpc) is 2.56. The first-order chi connectivity index (χ1) is 11.8. The first kappa shape index (κ1) is 18.4. The zero-order valence-corrected chi connectivity index (χ0v) is 14.7. The fourth-order valence-corrected chi connectivity index (χ4v) is 2.23. The second-order valence-corrected chi connectivity index (χ2v) is 6.40. The maximum Gasteiger partial charge on any atom is 0.251 e. The minimum Gasteiger partial charge on any atom is -0.352 e. The SMILES string of the molecule is Cc1ccc(=O)n(CC(=O)Nc2ccc(C(=O)NCC(C)C)cc2)c1. The van der Waals surface area contributed by atoms with Crippen molar-refractivity contribution in [3.05, 3.63) is 64.1 Å². The van der Waals surface area contributed by atoms with E-state index in [1.54, 1.807) is 36.5 Å². The predicted molar refractivity (Wildman–Crippen MR) is 97.7 cm³/mol. The van der Waals surface area contributed by atoms with Crippen molar-refractivity contribution in [1.29, 1.82) is 0 Å². The number of rotatable bonds is 6. The molecule has 25 heavy (non-hydrogen) atoms. The van der Waals surface area contributed by atoms with Gasteiger partial charge in [0.15, 0.2) is 0 Å². The van der Waals surface area contributed by atoms with Crippen LogP contribution in [0.5, 0.6) is 0 Å². The molecule has 0 aliphatic rings. The third-order valence-corrected chi connectivity index (χ3v) is 3.55. The Bertz CT molecular complexity index is 807. The Morgan fingerprint density at radius 3 is 2.40 bits per heavy atom. The Hall–Kier alpha value is -2.89. The van der Waals surface area contributed by atoms with Crippen molar-refractivity contribution in [3.8, 4) is 0 Å². The number of aromatic nitrogens is 1. The van der Waals surface area contributed by atoms with Gasteiger partial charge in [0.2, 0.25) is 5.91 Å². The molecule has 2 amide bonds. The van der Waals surface area contributed by atoms with E-state index in [1.807, 2.05) is 20.8 Å². The molecule has 132 valence electrons. The Balaban J connectivity index is 1.96. The highest BCUT2D eigenvalue weighted by Crippen LogP contribution is 2.10. The van der Waals surface area contributed by atoms with Crippen LogP contribution in [0, 0.1) is 12.8 Å². The summed E-state index contributed by atoms with van der Waals surface area (Å²) in [5, 5.41) is 5.56. The highest BCUT2D eigenvalue weighted by Gasteiger charge is 2.08. The molecule has 2 N–H and O–H groups in total. The molecule has 2 aromatic rings. The summed E-state index contributed by atoms with van der Waals surface area (Å²) >= 11 is 0. The number of carbonyl (C=O) groups is 2. The fourth-order valence-electron chi connectivity index (χ4n) is 2.23. The van der Waals surface area contributed by atoms with Crippen LogP contribution in [0.4, 0.5) is 5.69 Å². The Morgan fingerprint density at radius 1 is 1.08 bits per heavy atom. The number of amides is 2. The van der Waals surface area contributed by atoms with Crippen LogP contribution < -0.4 is 16.2 Å². The number of pyridine rings is 1. The summed E-state index contributed by atoms with van der Waals surface area (Å²) in [5.74, 6) is -0.0601. The molecule has 0 bridgehead atoms. The smallest absolute Gasteiger partial charge is 0.251 e. The molecule has 0 aliphatic heterocycles. The van der Waals surface area contributed by atoms with E-state index < -0.39 is 0 Å². The van der Waals surface area contributed by atoms with Crippen LogP contribution in [0.25, 0.3) is 0 Å². The lowest BCUT2D eigenvalue weighted by atomic mass is 10.1. The van der Waals surface area contributed by atoms with E-state index in [4.69, 9.17) is 0 Å². The lowest BCUT2D eigenvalue weighted by molar-refractivity contribution is -0.116. The van der Waals surface area contributed by atoms with Gasteiger partial charge in [0.1, 0.15) is 6.54 Å². The minimum absolute atomic E-state index is 0.0584. The number of nitrogens with one attached hydrogen (secondary N) is 2. The quantitative estimate of drug-likeness (QED) is 0.845. The number of carbonyl (C=O) groups excluding carboxylic acids is 2. The van der Waals surface area contributed by atoms with Crippen molar-refractivity contribution in [2.24, 2.45) is 5.92 Å². The van der Waals surface area contributed by atoms with E-state index in [9.17, 15) is 14.4 Å². The van der Waals surface area contributed by atoms with Crippen LogP contribution in [-0.2, 0) is 11.3 Å². The lowest BCUT2D eigenvalue weighted by Gasteiger charge is -2.10. The molecule has 0 radical (unpaired) electrons. The lowest BCUT2D eigenvalue weighted by Crippen LogP contribution is -2.27. The van der Waals surface area contributed by atoms with Gasteiger partial charge in [-0.3, -0.25) is 14.4 Å². The molecule has 0 saturated heterocycles. The fraction of sp³-hybridized carbons (Fsp3) is 0.316. The van der Waals surface area contributed by atoms with Gasteiger partial charge in [-0.2, -0.15) is 0 Å². The number of aryl methyl sites for hydroxylation is 1. The van der Waals surface area contributed by atoms with Crippen molar-refractivity contribution in [2.45, 2.75) is 27.3 Å². The minimum atomic E-state index is -0.301. The van der Waals surface area contributed by atoms with Crippen LogP contribution in [-0.4, -0.2) is 22.9 Å². The van der Waals surface area contributed by atoms with E-state index in [2.05, 4.69) is 10.6 Å². The Labute approximate surface area is 146 Å². The molecule has 0 unspecified atom stereocenters. The van der Waals surface area contributed by atoms with E-state index in [1.165, 1.54) is 10.6 Å². The van der Waals surface area contributed by atoms with Gasteiger partial charge in [0.05, 0.1) is 0 Å². The van der Waals surface area contributed by atoms with E-state index in [0.717, 1.165) is 5.56 Å². The second kappa shape index (κ2) is 8.28. The zero-order chi connectivity index (χ0) is 18.4. The third-order valence-electron chi connectivity index (χ3n) is 3.55. The molecular formula is C19H23N3O3. The monoisotopic (exact) mass is 341 g/mol. The standard InChI is InChI=1S/C19H23N3O3/c1-13(2)10-20-19(25)15-5-7-16(8-6-15)21-17(23)12-22-11-14(3)4-9-18(22)24/h4-9,11,13H,10,12H2,1-3H3,(H,20,25)(H,21,23). The average molecular weight is 341 g/mol. The topological polar surface area (TPSA) is 80.2 Å². The molecule has 0 spiro atoms. The van der Waals surface area contributed by atoms with Crippen LogP contribution in [0.3, 0.4) is 0 Å². The normalized spacial score (nSPS) is 10.6. The summed E-state index contributed by atoms with van der Waals surface area (Å²) in [6, 6.07) is 9.80. The first-order valence-electron chi connectivity index (χ1n) is 8.20. The number of nitrogens with zero attached hydrogens (tertiary/aromatic N) is 1. The summed E-state index contributed by atoms with van der Waals surface area (Å²) in [5.41, 5.74) is 1.79. The number of benzene rings is 1. The molecule has 2 rings (SSSR count). The van der Waals surface area contributed by atoms with Gasteiger partial charge in [-0.15, -0.1) is 0 Å². The van der Waals surface area contributed by atoms with E-state index in [-0.39, 0.29) is 23.9 Å². The van der Waals surface area contributed by atoms with Gasteiger partial charge in [0.25, 0.3) is 11.5 Å². The Morgan fingerprint density at radius 2 is 1.76 bits per heavy atom. The first-order valence-corrected chi connectivity index (χ1v) is 8.20. The maximum atomic E-state index is 12.1. The summed E-state index contributed by atoms with van der Waals surface area (Å²) < 4.78 is 1.36. The van der Waals surface area contributed by atoms with E-state index in [0.29, 0.717) is 23.7 Å². The molecule has 6 heteroatoms. The maximum absolute atomic E-state index is 12.1. The highest BCUT2D eigenvalue weighted by molar-refractivity contribution is 5.95. The summed E-state index contributed by atoms with van der Waals surface area (Å²) in [7, 11) is 0. The molecule has 1 heterocycles. The van der Waals surface area contributed by atoms with Crippen LogP contribution >= 0.6 is 0 Å². The van der Waals surface area contributed by atoms with E-state index >= 15 is 0 Å². The van der Waals surface area contributed by atoms with Gasteiger partial charge >= 0.3 is 0 Å². The largest absolute Gasteiger partial charge is 0.352 e. The predicted octanol–water partition coefficient (Wildman–Crippen LogP) is 2.18. The molecule has 0 saturated carbocycles. The highest BCUT2D eigenvalue weighted by atomic mass is 16.2. The van der Waals surface area contributed by atoms with Crippen LogP contribution in [0.2, 0.25) is 0 Å². The number of hydrogen-bond acceptors (Lipinski definition) is 3. The second-order valence-electron chi connectivity index (χ2n) is 6.40. The molecule has 6 nitrogen and oxygen atoms in total. The molecular weight excluding hydrogens is 318 g/mol. The molecule has 0 aliphatic carbocycles. The summed E-state index contributed by atoms with van der Waals surface area (Å²) in [6.07, 6.45) is 1.64. The molecule has 1 aromatic carbocycles. The van der Waals surface area contributed by atoms with Gasteiger partial charge < -0.3 is 15.2 Å². The third kappa shape index (κ3) is 5.60. The van der Waals surface area contributed by atoms with Crippen LogP contribution in [0.1, 0.15) is 29.8 Å². The van der Waals surface area contributed by atoms with Gasteiger partial charge in [-0.25, -0.2) is 0 Å². The van der Waals surface area contributed by atoms with Crippen LogP contribution in [0.15, 0.2) is 47.4 Å². The van der Waals surface area contributed by atoms with Crippen molar-refractivity contribution in [2.75, 3.05) is 11.9 Å². The van der Waals surface area contributed by atoms with Crippen molar-refractivity contribution < 1.29 is 9.59 Å². The van der Waals surface area contributed by atoms with Crippen molar-refractivity contribution >= 4 is 17.5 Å². The van der Waals surface area contributed by atoms with Crippen molar-refractivity contribution in [3.63, 3.8) is 0 Å². The summed E-state index contributed by atoms with van der Waals surface area (Å²) in [6.45, 7) is 6.47. The van der Waals surface area contributed by atoms with Gasteiger partial charge in [0, 0.05) is 30.1 Å². The number of hydrogen-bond donors (Lipinski definition) is 2. The summed E-state index contributed by atoms with van der Waals surface area (Å²) in [4.78, 5) is 35.8. The number of anilines is 1. The zero-order valence-electron chi connectivity index (χ0n) is 14.7. The Kier molecular flexibility index (Phi) is 6.11. The van der Waals surface area contributed by atoms with Gasteiger partial charge in [-0.1, -0.05) is 19.9 Å². The molecule has 1 aromatic heterocycles.